The zero-order chi connectivity index (χ0) is 13.0. The quantitative estimate of drug-likeness (QED) is 0.781. The molecule has 0 radical (unpaired) electrons. The van der Waals surface area contributed by atoms with Gasteiger partial charge in [0, 0.05) is 19.8 Å². The van der Waals surface area contributed by atoms with Crippen LogP contribution in [-0.2, 0) is 19.1 Å². The molecular formula is C12H19NO5. The average molecular weight is 257 g/mol. The van der Waals surface area contributed by atoms with Gasteiger partial charge in [0.1, 0.15) is 12.6 Å². The van der Waals surface area contributed by atoms with Crippen molar-refractivity contribution in [2.24, 2.45) is 0 Å². The Kier molecular flexibility index (Phi) is 4.54. The van der Waals surface area contributed by atoms with Crippen molar-refractivity contribution in [3.63, 3.8) is 0 Å². The van der Waals surface area contributed by atoms with E-state index in [1.54, 1.807) is 0 Å². The van der Waals surface area contributed by atoms with Crippen LogP contribution in [0.25, 0.3) is 0 Å². The molecule has 2 heterocycles. The van der Waals surface area contributed by atoms with E-state index in [1.807, 2.05) is 0 Å². The molecule has 0 spiro atoms. The highest BCUT2D eigenvalue weighted by Gasteiger charge is 2.34. The standard InChI is InChI=1S/C12H19NO5/c14-11(8-18-9-3-6-17-7-4-9)13-5-1-2-10(13)12(15)16/h9-10H,1-8H2,(H,15,16)/t10-/m1/s1. The van der Waals surface area contributed by atoms with Gasteiger partial charge in [-0.25, -0.2) is 4.79 Å². The molecule has 0 aliphatic carbocycles. The lowest BCUT2D eigenvalue weighted by Gasteiger charge is -2.25. The van der Waals surface area contributed by atoms with Crippen molar-refractivity contribution in [3.8, 4) is 0 Å². The summed E-state index contributed by atoms with van der Waals surface area (Å²) in [6.45, 7) is 1.84. The van der Waals surface area contributed by atoms with Crippen LogP contribution in [0.2, 0.25) is 0 Å². The Bertz CT molecular complexity index is 314. The van der Waals surface area contributed by atoms with E-state index < -0.39 is 12.0 Å². The first-order chi connectivity index (χ1) is 8.68. The van der Waals surface area contributed by atoms with E-state index in [1.165, 1.54) is 4.90 Å². The van der Waals surface area contributed by atoms with Crippen LogP contribution in [-0.4, -0.2) is 60.4 Å². The van der Waals surface area contributed by atoms with Crippen LogP contribution in [0.1, 0.15) is 25.7 Å². The first-order valence-electron chi connectivity index (χ1n) is 6.40. The molecule has 2 fully saturated rings. The number of amides is 1. The predicted molar refractivity (Wildman–Crippen MR) is 62.2 cm³/mol. The van der Waals surface area contributed by atoms with E-state index in [4.69, 9.17) is 14.6 Å². The Hall–Kier alpha value is -1.14. The van der Waals surface area contributed by atoms with Gasteiger partial charge in [0.2, 0.25) is 5.91 Å². The number of aliphatic carboxylic acids is 1. The maximum Gasteiger partial charge on any atom is 0.326 e. The molecule has 18 heavy (non-hydrogen) atoms. The summed E-state index contributed by atoms with van der Waals surface area (Å²) < 4.78 is 10.7. The molecule has 1 atom stereocenters. The van der Waals surface area contributed by atoms with Crippen LogP contribution in [0.4, 0.5) is 0 Å². The molecule has 0 unspecified atom stereocenters. The number of carbonyl (C=O) groups is 2. The maximum absolute atomic E-state index is 11.9. The van der Waals surface area contributed by atoms with Gasteiger partial charge < -0.3 is 19.5 Å². The summed E-state index contributed by atoms with van der Waals surface area (Å²) in [5.74, 6) is -1.14. The molecule has 1 N–H and O–H groups in total. The van der Waals surface area contributed by atoms with Crippen molar-refractivity contribution in [1.82, 2.24) is 4.90 Å². The molecule has 0 aromatic heterocycles. The molecule has 0 aromatic rings. The number of hydrogen-bond acceptors (Lipinski definition) is 4. The highest BCUT2D eigenvalue weighted by Crippen LogP contribution is 2.18. The Morgan fingerprint density at radius 1 is 1.28 bits per heavy atom. The number of hydrogen-bond donors (Lipinski definition) is 1. The second kappa shape index (κ2) is 6.15. The molecule has 1 amide bonds. The Morgan fingerprint density at radius 2 is 2.00 bits per heavy atom. The van der Waals surface area contributed by atoms with Crippen molar-refractivity contribution >= 4 is 11.9 Å². The molecule has 102 valence electrons. The lowest BCUT2D eigenvalue weighted by atomic mass is 10.1. The third-order valence-corrected chi connectivity index (χ3v) is 3.47. The average Bonchev–Trinajstić information content (AvgIpc) is 2.86. The first-order valence-corrected chi connectivity index (χ1v) is 6.40. The fraction of sp³-hybridized carbons (Fsp3) is 0.833. The number of rotatable bonds is 4. The number of likely N-dealkylation sites (tertiary alicyclic amines) is 1. The van der Waals surface area contributed by atoms with Gasteiger partial charge >= 0.3 is 5.97 Å². The highest BCUT2D eigenvalue weighted by molar-refractivity contribution is 5.84. The van der Waals surface area contributed by atoms with Gasteiger partial charge in [0.05, 0.1) is 6.10 Å². The maximum atomic E-state index is 11.9. The van der Waals surface area contributed by atoms with E-state index in [0.717, 1.165) is 19.3 Å². The van der Waals surface area contributed by atoms with E-state index in [-0.39, 0.29) is 18.6 Å². The third kappa shape index (κ3) is 3.20. The summed E-state index contributed by atoms with van der Waals surface area (Å²) in [5.41, 5.74) is 0. The van der Waals surface area contributed by atoms with Gasteiger partial charge in [0.15, 0.2) is 0 Å². The molecule has 2 saturated heterocycles. The van der Waals surface area contributed by atoms with E-state index in [0.29, 0.717) is 26.2 Å². The minimum Gasteiger partial charge on any atom is -0.480 e. The fourth-order valence-electron chi connectivity index (χ4n) is 2.44. The summed E-state index contributed by atoms with van der Waals surface area (Å²) in [7, 11) is 0. The van der Waals surface area contributed by atoms with Crippen molar-refractivity contribution in [2.45, 2.75) is 37.8 Å². The van der Waals surface area contributed by atoms with Crippen LogP contribution in [0.3, 0.4) is 0 Å². The van der Waals surface area contributed by atoms with E-state index >= 15 is 0 Å². The Morgan fingerprint density at radius 3 is 2.67 bits per heavy atom. The lowest BCUT2D eigenvalue weighted by molar-refractivity contribution is -0.151. The molecule has 2 rings (SSSR count). The van der Waals surface area contributed by atoms with Gasteiger partial charge in [-0.15, -0.1) is 0 Å². The smallest absolute Gasteiger partial charge is 0.326 e. The van der Waals surface area contributed by atoms with Crippen molar-refractivity contribution in [1.29, 1.82) is 0 Å². The molecule has 2 aliphatic rings. The van der Waals surface area contributed by atoms with Gasteiger partial charge in [0.25, 0.3) is 0 Å². The largest absolute Gasteiger partial charge is 0.480 e. The van der Waals surface area contributed by atoms with Gasteiger partial charge in [-0.1, -0.05) is 0 Å². The second-order valence-electron chi connectivity index (χ2n) is 4.71. The Labute approximate surface area is 106 Å². The normalized spacial score (nSPS) is 25.3. The molecule has 0 aromatic carbocycles. The van der Waals surface area contributed by atoms with Crippen molar-refractivity contribution < 1.29 is 24.2 Å². The zero-order valence-electron chi connectivity index (χ0n) is 10.3. The van der Waals surface area contributed by atoms with Crippen molar-refractivity contribution in [3.05, 3.63) is 0 Å². The minimum atomic E-state index is -0.924. The van der Waals surface area contributed by atoms with Crippen molar-refractivity contribution in [2.75, 3.05) is 26.4 Å². The molecule has 6 nitrogen and oxygen atoms in total. The molecule has 2 aliphatic heterocycles. The number of nitrogens with zero attached hydrogens (tertiary/aromatic N) is 1. The molecule has 0 saturated carbocycles. The summed E-state index contributed by atoms with van der Waals surface area (Å²) >= 11 is 0. The lowest BCUT2D eigenvalue weighted by Crippen LogP contribution is -2.43. The van der Waals surface area contributed by atoms with Gasteiger partial charge in [-0.2, -0.15) is 0 Å². The van der Waals surface area contributed by atoms with Crippen LogP contribution in [0.5, 0.6) is 0 Å². The van der Waals surface area contributed by atoms with Crippen LogP contribution >= 0.6 is 0 Å². The summed E-state index contributed by atoms with van der Waals surface area (Å²) in [5, 5.41) is 9.00. The number of ether oxygens (including phenoxy) is 2. The summed E-state index contributed by atoms with van der Waals surface area (Å²) in [4.78, 5) is 24.3. The van der Waals surface area contributed by atoms with Crippen LogP contribution < -0.4 is 0 Å². The van der Waals surface area contributed by atoms with E-state index in [9.17, 15) is 9.59 Å². The zero-order valence-corrected chi connectivity index (χ0v) is 10.3. The van der Waals surface area contributed by atoms with Gasteiger partial charge in [-0.3, -0.25) is 4.79 Å². The topological polar surface area (TPSA) is 76.1 Å². The third-order valence-electron chi connectivity index (χ3n) is 3.47. The van der Waals surface area contributed by atoms with Crippen LogP contribution in [0.15, 0.2) is 0 Å². The summed E-state index contributed by atoms with van der Waals surface area (Å²) in [6.07, 6.45) is 2.96. The second-order valence-corrected chi connectivity index (χ2v) is 4.71. The predicted octanol–water partition coefficient (Wildman–Crippen LogP) is 0.258. The van der Waals surface area contributed by atoms with Crippen LogP contribution in [0, 0.1) is 0 Å². The summed E-state index contributed by atoms with van der Waals surface area (Å²) in [6, 6.07) is -0.671. The highest BCUT2D eigenvalue weighted by atomic mass is 16.5. The SMILES string of the molecule is O=C(O)[C@H]1CCCN1C(=O)COC1CCOCC1. The number of carboxylic acids is 1. The minimum absolute atomic E-state index is 0.0194. The fourth-order valence-corrected chi connectivity index (χ4v) is 2.44. The molecular weight excluding hydrogens is 238 g/mol. The molecule has 6 heteroatoms. The molecule has 0 bridgehead atoms. The van der Waals surface area contributed by atoms with E-state index in [2.05, 4.69) is 0 Å². The van der Waals surface area contributed by atoms with Gasteiger partial charge in [-0.05, 0) is 25.7 Å². The number of carboxylic acid groups (broad SMARTS) is 1. The Balaban J connectivity index is 1.78. The number of carbonyl (C=O) groups excluding carboxylic acids is 1. The first kappa shape index (κ1) is 13.3. The monoisotopic (exact) mass is 257 g/mol.